The summed E-state index contributed by atoms with van der Waals surface area (Å²) in [5.74, 6) is 5.72. The van der Waals surface area contributed by atoms with Crippen molar-refractivity contribution in [1.82, 2.24) is 4.57 Å². The number of rotatable bonds is 3. The van der Waals surface area contributed by atoms with Gasteiger partial charge in [0.25, 0.3) is 0 Å². The molecule has 0 saturated heterocycles. The van der Waals surface area contributed by atoms with Gasteiger partial charge in [-0.15, -0.1) is 0 Å². The molecule has 1 spiro atoms. The fourth-order valence-corrected chi connectivity index (χ4v) is 12.1. The maximum Gasteiger partial charge on any atom is 0.132 e. The molecule has 4 nitrogen and oxygen atoms in total. The summed E-state index contributed by atoms with van der Waals surface area (Å²) in [4.78, 5) is 0. The summed E-state index contributed by atoms with van der Waals surface area (Å²) >= 11 is 0. The van der Waals surface area contributed by atoms with Crippen LogP contribution in [0.1, 0.15) is 95.5 Å². The molecule has 0 N–H and O–H groups in total. The van der Waals surface area contributed by atoms with Gasteiger partial charge in [0.2, 0.25) is 0 Å². The van der Waals surface area contributed by atoms with Gasteiger partial charge in [0.05, 0.1) is 11.5 Å². The zero-order chi connectivity index (χ0) is 38.7. The zero-order valence-electron chi connectivity index (χ0n) is 33.0. The van der Waals surface area contributed by atoms with Crippen molar-refractivity contribution in [3.05, 3.63) is 214 Å². The molecule has 5 aliphatic carbocycles. The second kappa shape index (κ2) is 12.9. The van der Waals surface area contributed by atoms with Crippen LogP contribution in [0.25, 0.3) is 17.0 Å². The lowest BCUT2D eigenvalue weighted by molar-refractivity contribution is 0.144. The Balaban J connectivity index is 0.960. The Morgan fingerprint density at radius 3 is 2.37 bits per heavy atom. The summed E-state index contributed by atoms with van der Waals surface area (Å²) in [5, 5.41) is 1.42. The highest BCUT2D eigenvalue weighted by Gasteiger charge is 2.52. The average molecular weight is 768 g/mol. The van der Waals surface area contributed by atoms with E-state index in [4.69, 9.17) is 14.2 Å². The predicted molar refractivity (Wildman–Crippen MR) is 235 cm³/mol. The van der Waals surface area contributed by atoms with Gasteiger partial charge in [0, 0.05) is 57.1 Å². The summed E-state index contributed by atoms with van der Waals surface area (Å²) in [6.07, 6.45) is 34.9. The van der Waals surface area contributed by atoms with Crippen molar-refractivity contribution < 1.29 is 14.2 Å². The summed E-state index contributed by atoms with van der Waals surface area (Å²) in [6, 6.07) is 31.8. The van der Waals surface area contributed by atoms with Crippen molar-refractivity contribution in [2.45, 2.75) is 74.3 Å². The molecule has 13 rings (SSSR count). The van der Waals surface area contributed by atoms with Crippen molar-refractivity contribution in [3.63, 3.8) is 0 Å². The second-order valence-electron chi connectivity index (χ2n) is 17.5. The fourth-order valence-electron chi connectivity index (χ4n) is 12.1. The lowest BCUT2D eigenvalue weighted by atomic mass is 9.60. The van der Waals surface area contributed by atoms with Gasteiger partial charge < -0.3 is 18.8 Å². The maximum absolute atomic E-state index is 7.11. The van der Waals surface area contributed by atoms with E-state index in [0.29, 0.717) is 17.9 Å². The van der Waals surface area contributed by atoms with E-state index in [-0.39, 0.29) is 12.0 Å². The Hall–Kier alpha value is -6.26. The number of nitrogens with zero attached hydrogens (tertiary/aromatic N) is 1. The maximum atomic E-state index is 7.11. The Bertz CT molecular complexity index is 2890. The van der Waals surface area contributed by atoms with Crippen molar-refractivity contribution in [2.24, 2.45) is 5.92 Å². The van der Waals surface area contributed by atoms with Gasteiger partial charge in [0.1, 0.15) is 34.9 Å². The largest absolute Gasteiger partial charge is 0.486 e. The normalized spacial score (nSPS) is 27.6. The van der Waals surface area contributed by atoms with E-state index in [1.54, 1.807) is 0 Å². The first-order chi connectivity index (χ1) is 29.3. The molecule has 4 heteroatoms. The van der Waals surface area contributed by atoms with E-state index in [1.807, 2.05) is 0 Å². The average Bonchev–Trinajstić information content (AvgIpc) is 3.85. The van der Waals surface area contributed by atoms with Crippen LogP contribution in [-0.4, -0.2) is 10.7 Å². The molecule has 0 fully saturated rings. The monoisotopic (exact) mass is 767 g/mol. The number of para-hydroxylation sites is 2. The molecule has 8 aliphatic rings. The van der Waals surface area contributed by atoms with Gasteiger partial charge in [0.15, 0.2) is 0 Å². The van der Waals surface area contributed by atoms with Crippen LogP contribution in [0.15, 0.2) is 174 Å². The van der Waals surface area contributed by atoms with Gasteiger partial charge in [-0.1, -0.05) is 115 Å². The third kappa shape index (κ3) is 4.77. The number of benzene rings is 4. The lowest BCUT2D eigenvalue weighted by Gasteiger charge is -2.47. The molecule has 4 heterocycles. The Kier molecular flexibility index (Phi) is 7.35. The van der Waals surface area contributed by atoms with Gasteiger partial charge in [-0.2, -0.15) is 0 Å². The van der Waals surface area contributed by atoms with Crippen LogP contribution in [0.3, 0.4) is 0 Å². The molecular formula is C55H45NO3. The van der Waals surface area contributed by atoms with Crippen LogP contribution in [0.5, 0.6) is 17.2 Å². The van der Waals surface area contributed by atoms with Crippen LogP contribution in [0.2, 0.25) is 0 Å². The highest BCUT2D eigenvalue weighted by Crippen LogP contribution is 2.62. The van der Waals surface area contributed by atoms with Crippen molar-refractivity contribution in [3.8, 4) is 17.2 Å². The quantitative estimate of drug-likeness (QED) is 0.171. The molecule has 6 unspecified atom stereocenters. The molecular weight excluding hydrogens is 723 g/mol. The molecule has 1 aromatic heterocycles. The smallest absolute Gasteiger partial charge is 0.132 e. The minimum absolute atomic E-state index is 0.0913. The van der Waals surface area contributed by atoms with Crippen molar-refractivity contribution in [1.29, 1.82) is 0 Å². The Morgan fingerprint density at radius 1 is 0.661 bits per heavy atom. The molecule has 0 amide bonds. The third-order valence-corrected chi connectivity index (χ3v) is 14.5. The van der Waals surface area contributed by atoms with Crippen LogP contribution in [0.4, 0.5) is 0 Å². The van der Waals surface area contributed by atoms with Crippen LogP contribution in [-0.2, 0) is 16.6 Å². The number of fused-ring (bicyclic) bond motifs is 12. The standard InChI is InChI=1S/C55H45NO3/c1-2-14-36(15-3-1)56-45-22-8-4-16-39(45)53-37(18-12-23-46(53)56)34-28-30-43-51(32-34)58-48-25-10-6-20-41(48)55(43)42-21-7-11-26-49(42)59-52-33-35(29-31-44(52)55)38-19-13-27-50-54(38)40-17-5-9-24-47(40)57-50/h1-3,6-14,18,20-31,33-34,36,38,50,54H,4-5,15-17,19,32H2. The van der Waals surface area contributed by atoms with Gasteiger partial charge in [-0.05, 0) is 109 Å². The van der Waals surface area contributed by atoms with E-state index in [2.05, 4.69) is 162 Å². The second-order valence-corrected chi connectivity index (χ2v) is 17.5. The molecule has 0 saturated carbocycles. The van der Waals surface area contributed by atoms with Crippen LogP contribution >= 0.6 is 0 Å². The topological polar surface area (TPSA) is 32.6 Å². The molecule has 5 aromatic rings. The number of hydrogen-bond acceptors (Lipinski definition) is 3. The molecule has 4 aromatic carbocycles. The molecule has 0 radical (unpaired) electrons. The van der Waals surface area contributed by atoms with Crippen molar-refractivity contribution in [2.75, 3.05) is 0 Å². The van der Waals surface area contributed by atoms with E-state index in [9.17, 15) is 0 Å². The van der Waals surface area contributed by atoms with Crippen molar-refractivity contribution >= 4 is 17.0 Å². The predicted octanol–water partition coefficient (Wildman–Crippen LogP) is 13.2. The van der Waals surface area contributed by atoms with Crippen LogP contribution in [0, 0.1) is 5.92 Å². The first-order valence-corrected chi connectivity index (χ1v) is 21.7. The molecule has 288 valence electrons. The molecule has 6 atom stereocenters. The number of aromatic nitrogens is 1. The minimum Gasteiger partial charge on any atom is -0.486 e. The Labute approximate surface area is 345 Å². The number of aryl methyl sites for hydroxylation is 1. The Morgan fingerprint density at radius 2 is 1.49 bits per heavy atom. The third-order valence-electron chi connectivity index (χ3n) is 14.5. The fraction of sp³-hybridized carbons (Fsp3) is 0.236. The highest BCUT2D eigenvalue weighted by molar-refractivity contribution is 5.93. The number of hydrogen-bond donors (Lipinski definition) is 0. The highest BCUT2D eigenvalue weighted by atomic mass is 16.5. The number of allylic oxidation sites excluding steroid dienone is 12. The zero-order valence-corrected chi connectivity index (χ0v) is 33.0. The van der Waals surface area contributed by atoms with Gasteiger partial charge in [-0.3, -0.25) is 0 Å². The SMILES string of the molecule is C1=CCC(n2c3c(c4c(C5C=CC6=C(C5)Oc5ccccc5C65c6ccccc6Oc6cc(C7CC=CC8OC9=C(CCC=C9)C87)ccc65)cccc42)CCC=C3)C=C1. The van der Waals surface area contributed by atoms with E-state index >= 15 is 0 Å². The first-order valence-electron chi connectivity index (χ1n) is 21.7. The molecule has 59 heavy (non-hydrogen) atoms. The number of ether oxygens (including phenoxy) is 3. The lowest BCUT2D eigenvalue weighted by Crippen LogP contribution is -2.39. The van der Waals surface area contributed by atoms with Crippen LogP contribution < -0.4 is 9.47 Å². The summed E-state index contributed by atoms with van der Waals surface area (Å²) in [5.41, 5.74) is 12.5. The molecule has 3 aliphatic heterocycles. The summed E-state index contributed by atoms with van der Waals surface area (Å²) in [7, 11) is 0. The molecule has 0 bridgehead atoms. The van der Waals surface area contributed by atoms with E-state index < -0.39 is 5.41 Å². The van der Waals surface area contributed by atoms with E-state index in [0.717, 1.165) is 84.8 Å². The first kappa shape index (κ1) is 33.7. The van der Waals surface area contributed by atoms with Gasteiger partial charge >= 0.3 is 0 Å². The minimum atomic E-state index is -0.607. The van der Waals surface area contributed by atoms with Gasteiger partial charge in [-0.25, -0.2) is 0 Å². The summed E-state index contributed by atoms with van der Waals surface area (Å²) in [6.45, 7) is 0. The van der Waals surface area contributed by atoms with E-state index in [1.165, 1.54) is 50.0 Å². The summed E-state index contributed by atoms with van der Waals surface area (Å²) < 4.78 is 23.2.